The molecule has 4 atom stereocenters. The Kier molecular flexibility index (Phi) is 7.84. The largest absolute Gasteiger partial charge is 0.475 e. The molecule has 5 rings (SSSR count). The van der Waals surface area contributed by atoms with Crippen LogP contribution in [0.5, 0.6) is 0 Å². The predicted molar refractivity (Wildman–Crippen MR) is 148 cm³/mol. The van der Waals surface area contributed by atoms with Gasteiger partial charge >= 0.3 is 0 Å². The van der Waals surface area contributed by atoms with Crippen LogP contribution in [0.3, 0.4) is 0 Å². The zero-order valence-electron chi connectivity index (χ0n) is 22.6. The number of aliphatic imine (C=N–C) groups is 1. The number of hydrogen-bond donors (Lipinski definition) is 0. The number of nitrogens with zero attached hydrogens (tertiary/aromatic N) is 1. The molecule has 3 aliphatic rings. The van der Waals surface area contributed by atoms with Crippen LogP contribution in [0.15, 0.2) is 47.5 Å². The molecule has 2 fully saturated rings. The minimum Gasteiger partial charge on any atom is -0.475 e. The van der Waals surface area contributed by atoms with E-state index in [9.17, 15) is 0 Å². The molecule has 2 aliphatic carbocycles. The van der Waals surface area contributed by atoms with E-state index in [1.54, 1.807) is 0 Å². The van der Waals surface area contributed by atoms with Crippen LogP contribution in [0.4, 0.5) is 4.39 Å². The van der Waals surface area contributed by atoms with E-state index in [0.29, 0.717) is 24.0 Å². The molecule has 0 saturated heterocycles. The Morgan fingerprint density at radius 2 is 1.64 bits per heavy atom. The van der Waals surface area contributed by atoms with Gasteiger partial charge in [-0.3, -0.25) is 0 Å². The lowest BCUT2D eigenvalue weighted by Crippen LogP contribution is -2.30. The fourth-order valence-electron chi connectivity index (χ4n) is 6.96. The fourth-order valence-corrected chi connectivity index (χ4v) is 6.96. The third-order valence-electron chi connectivity index (χ3n) is 9.06. The van der Waals surface area contributed by atoms with Gasteiger partial charge in [-0.25, -0.2) is 9.38 Å². The highest BCUT2D eigenvalue weighted by molar-refractivity contribution is 5.95. The number of ether oxygens (including phenoxy) is 1. The molecule has 2 aromatic rings. The van der Waals surface area contributed by atoms with Gasteiger partial charge in [-0.05, 0) is 98.9 Å². The molecule has 1 unspecified atom stereocenters. The molecular weight excluding hydrogens is 445 g/mol. The van der Waals surface area contributed by atoms with Gasteiger partial charge in [0.05, 0.1) is 5.54 Å². The van der Waals surface area contributed by atoms with E-state index >= 15 is 4.39 Å². The predicted octanol–water partition coefficient (Wildman–Crippen LogP) is 9.32. The lowest BCUT2D eigenvalue weighted by molar-refractivity contribution is 0.113. The van der Waals surface area contributed by atoms with Gasteiger partial charge in [0.15, 0.2) is 0 Å². The summed E-state index contributed by atoms with van der Waals surface area (Å²) in [5.41, 5.74) is 3.55. The maximum Gasteiger partial charge on any atom is 0.216 e. The first-order chi connectivity index (χ1) is 17.4. The smallest absolute Gasteiger partial charge is 0.216 e. The maximum absolute atomic E-state index is 15.3. The molecule has 1 heterocycles. The normalized spacial score (nSPS) is 27.3. The van der Waals surface area contributed by atoms with Crippen LogP contribution < -0.4 is 0 Å². The van der Waals surface area contributed by atoms with Gasteiger partial charge in [0.25, 0.3) is 0 Å². The number of fused-ring (bicyclic) bond motifs is 1. The third-order valence-corrected chi connectivity index (χ3v) is 9.06. The van der Waals surface area contributed by atoms with Crippen molar-refractivity contribution < 1.29 is 9.13 Å². The first-order valence-electron chi connectivity index (χ1n) is 14.5. The van der Waals surface area contributed by atoms with Gasteiger partial charge in [-0.15, -0.1) is 0 Å². The molecule has 2 nitrogen and oxygen atoms in total. The van der Waals surface area contributed by atoms with E-state index in [1.807, 2.05) is 36.4 Å². The molecule has 0 amide bonds. The molecule has 36 heavy (non-hydrogen) atoms. The molecule has 0 N–H and O–H groups in total. The monoisotopic (exact) mass is 489 g/mol. The van der Waals surface area contributed by atoms with Crippen molar-refractivity contribution in [1.29, 1.82) is 0 Å². The topological polar surface area (TPSA) is 21.6 Å². The number of rotatable bonds is 8. The van der Waals surface area contributed by atoms with Gasteiger partial charge in [0, 0.05) is 11.1 Å². The molecule has 0 spiro atoms. The highest BCUT2D eigenvalue weighted by Gasteiger charge is 2.36. The summed E-state index contributed by atoms with van der Waals surface area (Å²) < 4.78 is 21.1. The molecule has 3 heteroatoms. The minimum atomic E-state index is -0.178. The standard InChI is InChI=1S/C33H44FNO/c1-4-5-6-7-8-23-9-10-27-20-28(16-15-26(27)19-23)29-17-18-30(31(34)21-29)24-11-13-25(14-12-24)32-35-33(2,3)22-36-32/h11-14,17-18,21,23,26-28H,4-10,15-16,19-20,22H2,1-3H3/t23?,26-,27-,28-/m1/s1. The third kappa shape index (κ3) is 5.87. The van der Waals surface area contributed by atoms with Crippen molar-refractivity contribution in [3.63, 3.8) is 0 Å². The Hall–Kier alpha value is -2.16. The summed E-state index contributed by atoms with van der Waals surface area (Å²) in [5, 5.41) is 0. The molecule has 2 saturated carbocycles. The summed E-state index contributed by atoms with van der Waals surface area (Å²) >= 11 is 0. The average Bonchev–Trinajstić information content (AvgIpc) is 3.26. The first-order valence-corrected chi connectivity index (χ1v) is 14.5. The number of halogens is 1. The van der Waals surface area contributed by atoms with Gasteiger partial charge < -0.3 is 4.74 Å². The highest BCUT2D eigenvalue weighted by Crippen LogP contribution is 2.48. The molecular formula is C33H44FNO. The van der Waals surface area contributed by atoms with Crippen LogP contribution in [0, 0.1) is 23.6 Å². The van der Waals surface area contributed by atoms with Crippen molar-refractivity contribution >= 4 is 5.90 Å². The van der Waals surface area contributed by atoms with E-state index in [0.717, 1.165) is 28.9 Å². The number of unbranched alkanes of at least 4 members (excludes halogenated alkanes) is 3. The molecule has 0 aromatic heterocycles. The Morgan fingerprint density at radius 1 is 0.889 bits per heavy atom. The Balaban J connectivity index is 1.19. The first kappa shape index (κ1) is 25.5. The summed E-state index contributed by atoms with van der Waals surface area (Å²) in [6.07, 6.45) is 15.0. The van der Waals surface area contributed by atoms with Gasteiger partial charge in [0.1, 0.15) is 12.4 Å². The van der Waals surface area contributed by atoms with Crippen molar-refractivity contribution in [3.05, 3.63) is 59.4 Å². The van der Waals surface area contributed by atoms with Gasteiger partial charge in [-0.2, -0.15) is 0 Å². The van der Waals surface area contributed by atoms with Gasteiger partial charge in [0.2, 0.25) is 5.90 Å². The second kappa shape index (κ2) is 11.1. The SMILES string of the molecule is CCCCCCC1CC[C@@H]2C[C@H](c3ccc(-c4ccc(C5=NC(C)(C)CO5)cc4)c(F)c3)CC[C@@H]2C1. The second-order valence-electron chi connectivity index (χ2n) is 12.4. The van der Waals surface area contributed by atoms with Crippen molar-refractivity contribution in [2.24, 2.45) is 22.7 Å². The lowest BCUT2D eigenvalue weighted by atomic mass is 9.63. The second-order valence-corrected chi connectivity index (χ2v) is 12.4. The average molecular weight is 490 g/mol. The van der Waals surface area contributed by atoms with Gasteiger partial charge in [-0.1, -0.05) is 69.7 Å². The summed E-state index contributed by atoms with van der Waals surface area (Å²) in [6, 6.07) is 13.9. The van der Waals surface area contributed by atoms with Crippen LogP contribution in [0.25, 0.3) is 11.1 Å². The molecule has 194 valence electrons. The van der Waals surface area contributed by atoms with Crippen LogP contribution >= 0.6 is 0 Å². The van der Waals surface area contributed by atoms with Crippen molar-refractivity contribution in [2.75, 3.05) is 6.61 Å². The fraction of sp³-hybridized carbons (Fsp3) is 0.606. The van der Waals surface area contributed by atoms with E-state index in [1.165, 1.54) is 76.2 Å². The summed E-state index contributed by atoms with van der Waals surface area (Å²) in [4.78, 5) is 4.65. The summed E-state index contributed by atoms with van der Waals surface area (Å²) in [6.45, 7) is 7.03. The number of hydrogen-bond acceptors (Lipinski definition) is 2. The quantitative estimate of drug-likeness (QED) is 0.339. The van der Waals surface area contributed by atoms with E-state index in [2.05, 4.69) is 31.8 Å². The van der Waals surface area contributed by atoms with Crippen LogP contribution in [0.2, 0.25) is 0 Å². The maximum atomic E-state index is 15.3. The Bertz CT molecular complexity index is 1060. The van der Waals surface area contributed by atoms with E-state index < -0.39 is 0 Å². The molecule has 2 aromatic carbocycles. The molecule has 0 radical (unpaired) electrons. The van der Waals surface area contributed by atoms with Crippen molar-refractivity contribution in [1.82, 2.24) is 0 Å². The summed E-state index contributed by atoms with van der Waals surface area (Å²) in [5.74, 6) is 3.81. The minimum absolute atomic E-state index is 0.103. The number of benzene rings is 2. The van der Waals surface area contributed by atoms with Crippen molar-refractivity contribution in [2.45, 2.75) is 103 Å². The Labute approximate surface area is 217 Å². The molecule has 0 bridgehead atoms. The highest BCUT2D eigenvalue weighted by atomic mass is 19.1. The zero-order valence-corrected chi connectivity index (χ0v) is 22.6. The summed E-state index contributed by atoms with van der Waals surface area (Å²) in [7, 11) is 0. The van der Waals surface area contributed by atoms with Crippen LogP contribution in [-0.2, 0) is 4.74 Å². The zero-order chi connectivity index (χ0) is 25.1. The van der Waals surface area contributed by atoms with E-state index in [-0.39, 0.29) is 11.4 Å². The molecule has 1 aliphatic heterocycles. The Morgan fingerprint density at radius 3 is 2.36 bits per heavy atom. The van der Waals surface area contributed by atoms with E-state index in [4.69, 9.17) is 4.74 Å². The van der Waals surface area contributed by atoms with Crippen LogP contribution in [0.1, 0.15) is 108 Å². The van der Waals surface area contributed by atoms with Crippen molar-refractivity contribution in [3.8, 4) is 11.1 Å². The lowest BCUT2D eigenvalue weighted by Gasteiger charge is -2.42. The van der Waals surface area contributed by atoms with Crippen LogP contribution in [-0.4, -0.2) is 18.0 Å².